The Hall–Kier alpha value is -0.0900. The molecule has 1 N–H and O–H groups in total. The summed E-state index contributed by atoms with van der Waals surface area (Å²) in [6, 6.07) is 0.455. The molecule has 4 heteroatoms. The van der Waals surface area contributed by atoms with Crippen LogP contribution in [0.5, 0.6) is 0 Å². The molecule has 0 aliphatic heterocycles. The minimum Gasteiger partial charge on any atom is -0.312 e. The van der Waals surface area contributed by atoms with Crippen LogP contribution in [0, 0.1) is 5.92 Å². The minimum atomic E-state index is -2.97. The van der Waals surface area contributed by atoms with Gasteiger partial charge in [-0.3, -0.25) is 0 Å². The van der Waals surface area contributed by atoms with Gasteiger partial charge < -0.3 is 5.32 Å². The van der Waals surface area contributed by atoms with Crippen molar-refractivity contribution in [3.63, 3.8) is 0 Å². The molecule has 1 aliphatic rings. The Bertz CT molecular complexity index is 291. The zero-order valence-corrected chi connectivity index (χ0v) is 10.3. The Kier molecular flexibility index (Phi) is 3.26. The highest BCUT2D eigenvalue weighted by Crippen LogP contribution is 2.32. The van der Waals surface area contributed by atoms with Gasteiger partial charge in [0.05, 0.1) is 4.75 Å². The van der Waals surface area contributed by atoms with Gasteiger partial charge in [0.15, 0.2) is 9.84 Å². The first-order chi connectivity index (χ1) is 6.24. The summed E-state index contributed by atoms with van der Waals surface area (Å²) in [6.07, 6.45) is 3.87. The van der Waals surface area contributed by atoms with Crippen molar-refractivity contribution in [2.75, 3.05) is 12.8 Å². The second kappa shape index (κ2) is 3.81. The zero-order chi connectivity index (χ0) is 11.0. The third-order valence-corrected chi connectivity index (χ3v) is 5.33. The average molecular weight is 219 g/mol. The van der Waals surface area contributed by atoms with Crippen LogP contribution in [0.2, 0.25) is 0 Å². The molecule has 1 aliphatic carbocycles. The smallest absolute Gasteiger partial charge is 0.153 e. The van der Waals surface area contributed by atoms with Gasteiger partial charge >= 0.3 is 0 Å². The van der Waals surface area contributed by atoms with E-state index in [-0.39, 0.29) is 0 Å². The monoisotopic (exact) mass is 219 g/mol. The lowest BCUT2D eigenvalue weighted by Gasteiger charge is -2.25. The molecule has 1 rings (SSSR count). The normalized spacial score (nSPS) is 20.9. The Balaban J connectivity index is 2.43. The van der Waals surface area contributed by atoms with Crippen LogP contribution in [0.15, 0.2) is 0 Å². The van der Waals surface area contributed by atoms with Crippen molar-refractivity contribution in [1.29, 1.82) is 0 Å². The Labute approximate surface area is 87.2 Å². The molecular formula is C10H21NO2S. The first-order valence-corrected chi connectivity index (χ1v) is 7.06. The van der Waals surface area contributed by atoms with Crippen LogP contribution >= 0.6 is 0 Å². The summed E-state index contributed by atoms with van der Waals surface area (Å²) < 4.78 is 22.2. The standard InChI is InChI=1S/C10H21NO2S/c1-8(9-5-6-9)11-7-10(2,3)14(4,12)13/h8-9,11H,5-7H2,1-4H3. The third kappa shape index (κ3) is 2.95. The number of rotatable bonds is 5. The van der Waals surface area contributed by atoms with Gasteiger partial charge in [0, 0.05) is 18.8 Å². The molecule has 0 aromatic rings. The van der Waals surface area contributed by atoms with Gasteiger partial charge in [-0.25, -0.2) is 8.42 Å². The molecule has 0 aromatic heterocycles. The Morgan fingerprint density at radius 2 is 1.93 bits per heavy atom. The van der Waals surface area contributed by atoms with E-state index in [1.165, 1.54) is 19.1 Å². The molecule has 0 saturated heterocycles. The molecule has 1 fully saturated rings. The van der Waals surface area contributed by atoms with Crippen molar-refractivity contribution < 1.29 is 8.42 Å². The Morgan fingerprint density at radius 1 is 1.43 bits per heavy atom. The predicted octanol–water partition coefficient (Wildman–Crippen LogP) is 1.20. The van der Waals surface area contributed by atoms with E-state index in [2.05, 4.69) is 12.2 Å². The lowest BCUT2D eigenvalue weighted by molar-refractivity contribution is 0.452. The van der Waals surface area contributed by atoms with Crippen LogP contribution in [0.4, 0.5) is 0 Å². The van der Waals surface area contributed by atoms with Gasteiger partial charge in [-0.1, -0.05) is 0 Å². The van der Waals surface area contributed by atoms with E-state index in [1.807, 2.05) is 0 Å². The molecule has 1 unspecified atom stereocenters. The van der Waals surface area contributed by atoms with Crippen molar-refractivity contribution in [2.45, 2.75) is 44.4 Å². The van der Waals surface area contributed by atoms with E-state index in [1.54, 1.807) is 13.8 Å². The summed E-state index contributed by atoms with van der Waals surface area (Å²) in [5, 5.41) is 3.31. The molecule has 14 heavy (non-hydrogen) atoms. The van der Waals surface area contributed by atoms with Crippen molar-refractivity contribution in [1.82, 2.24) is 5.32 Å². The van der Waals surface area contributed by atoms with Crippen LogP contribution in [0.1, 0.15) is 33.6 Å². The lowest BCUT2D eigenvalue weighted by atomic mass is 10.1. The highest BCUT2D eigenvalue weighted by atomic mass is 32.2. The van der Waals surface area contributed by atoms with E-state index in [0.717, 1.165) is 5.92 Å². The van der Waals surface area contributed by atoms with E-state index in [9.17, 15) is 8.42 Å². The first-order valence-electron chi connectivity index (χ1n) is 5.17. The van der Waals surface area contributed by atoms with Crippen LogP contribution < -0.4 is 5.32 Å². The fraction of sp³-hybridized carbons (Fsp3) is 1.00. The minimum absolute atomic E-state index is 0.455. The maximum absolute atomic E-state index is 11.4. The highest BCUT2D eigenvalue weighted by molar-refractivity contribution is 7.92. The molecule has 1 atom stereocenters. The number of sulfone groups is 1. The predicted molar refractivity (Wildman–Crippen MR) is 59.1 cm³/mol. The fourth-order valence-electron chi connectivity index (χ4n) is 1.30. The van der Waals surface area contributed by atoms with Gasteiger partial charge in [0.1, 0.15) is 0 Å². The zero-order valence-electron chi connectivity index (χ0n) is 9.50. The quantitative estimate of drug-likeness (QED) is 0.755. The SMILES string of the molecule is CC(NCC(C)(C)S(C)(=O)=O)C1CC1. The molecule has 0 spiro atoms. The third-order valence-electron chi connectivity index (χ3n) is 3.18. The second-order valence-electron chi connectivity index (χ2n) is 5.04. The van der Waals surface area contributed by atoms with Crippen LogP contribution in [-0.2, 0) is 9.84 Å². The number of hydrogen-bond donors (Lipinski definition) is 1. The molecule has 0 amide bonds. The molecule has 0 radical (unpaired) electrons. The van der Waals surface area contributed by atoms with Gasteiger partial charge in [0.2, 0.25) is 0 Å². The van der Waals surface area contributed by atoms with Gasteiger partial charge in [-0.05, 0) is 39.5 Å². The second-order valence-corrected chi connectivity index (χ2v) is 7.69. The van der Waals surface area contributed by atoms with Crippen LogP contribution in [-0.4, -0.2) is 32.0 Å². The summed E-state index contributed by atoms with van der Waals surface area (Å²) >= 11 is 0. The maximum Gasteiger partial charge on any atom is 0.153 e. The molecule has 1 saturated carbocycles. The highest BCUT2D eigenvalue weighted by Gasteiger charge is 2.33. The van der Waals surface area contributed by atoms with Crippen LogP contribution in [0.25, 0.3) is 0 Å². The van der Waals surface area contributed by atoms with E-state index >= 15 is 0 Å². The number of hydrogen-bond acceptors (Lipinski definition) is 3. The summed E-state index contributed by atoms with van der Waals surface area (Å²) in [5.74, 6) is 0.769. The van der Waals surface area contributed by atoms with Gasteiger partial charge in [0.25, 0.3) is 0 Å². The molecule has 3 nitrogen and oxygen atoms in total. The van der Waals surface area contributed by atoms with Gasteiger partial charge in [-0.15, -0.1) is 0 Å². The summed E-state index contributed by atoms with van der Waals surface area (Å²) in [6.45, 7) is 6.23. The lowest BCUT2D eigenvalue weighted by Crippen LogP contribution is -2.45. The average Bonchev–Trinajstić information content (AvgIpc) is 2.80. The maximum atomic E-state index is 11.4. The summed E-state index contributed by atoms with van der Waals surface area (Å²) in [7, 11) is -2.97. The topological polar surface area (TPSA) is 46.2 Å². The number of nitrogens with one attached hydrogen (secondary N) is 1. The van der Waals surface area contributed by atoms with Crippen LogP contribution in [0.3, 0.4) is 0 Å². The molecule has 0 heterocycles. The summed E-state index contributed by atoms with van der Waals surface area (Å²) in [4.78, 5) is 0. The molecule has 0 aromatic carbocycles. The van der Waals surface area contributed by atoms with Crippen molar-refractivity contribution in [3.05, 3.63) is 0 Å². The van der Waals surface area contributed by atoms with Crippen molar-refractivity contribution >= 4 is 9.84 Å². The molecule has 0 bridgehead atoms. The first kappa shape index (κ1) is 12.0. The Morgan fingerprint density at radius 3 is 2.29 bits per heavy atom. The fourth-order valence-corrected chi connectivity index (χ4v) is 1.65. The van der Waals surface area contributed by atoms with E-state index < -0.39 is 14.6 Å². The van der Waals surface area contributed by atoms with Crippen molar-refractivity contribution in [3.8, 4) is 0 Å². The van der Waals surface area contributed by atoms with Gasteiger partial charge in [-0.2, -0.15) is 0 Å². The largest absolute Gasteiger partial charge is 0.312 e. The van der Waals surface area contributed by atoms with E-state index in [0.29, 0.717) is 12.6 Å². The van der Waals surface area contributed by atoms with E-state index in [4.69, 9.17) is 0 Å². The molecular weight excluding hydrogens is 198 g/mol. The molecule has 84 valence electrons. The van der Waals surface area contributed by atoms with Crippen molar-refractivity contribution in [2.24, 2.45) is 5.92 Å². The summed E-state index contributed by atoms with van der Waals surface area (Å²) in [5.41, 5.74) is 0.